The SMILES string of the molecule is CNC(c1sccc1C)C(OC)c1ccccc1. The summed E-state index contributed by atoms with van der Waals surface area (Å²) >= 11 is 1.78. The van der Waals surface area contributed by atoms with Crippen LogP contribution in [-0.2, 0) is 4.74 Å². The maximum Gasteiger partial charge on any atom is 0.102 e. The molecular formula is C15H19NOS. The number of nitrogens with one attached hydrogen (secondary N) is 1. The van der Waals surface area contributed by atoms with Crippen LogP contribution in [0.15, 0.2) is 41.8 Å². The van der Waals surface area contributed by atoms with Crippen molar-refractivity contribution in [1.29, 1.82) is 0 Å². The van der Waals surface area contributed by atoms with E-state index in [2.05, 4.69) is 48.0 Å². The van der Waals surface area contributed by atoms with Crippen molar-refractivity contribution in [3.05, 3.63) is 57.8 Å². The normalized spacial score (nSPS) is 14.4. The molecule has 0 aliphatic rings. The van der Waals surface area contributed by atoms with Crippen LogP contribution in [0.2, 0.25) is 0 Å². The molecule has 1 heterocycles. The molecule has 0 aliphatic carbocycles. The minimum atomic E-state index is 0.0357. The zero-order valence-corrected chi connectivity index (χ0v) is 11.8. The van der Waals surface area contributed by atoms with Crippen molar-refractivity contribution in [1.82, 2.24) is 5.32 Å². The van der Waals surface area contributed by atoms with Gasteiger partial charge in [-0.25, -0.2) is 0 Å². The Morgan fingerprint density at radius 2 is 1.89 bits per heavy atom. The summed E-state index contributed by atoms with van der Waals surface area (Å²) in [5.41, 5.74) is 2.52. The Kier molecular flexibility index (Phi) is 4.53. The summed E-state index contributed by atoms with van der Waals surface area (Å²) in [5.74, 6) is 0. The fraction of sp³-hybridized carbons (Fsp3) is 0.333. The topological polar surface area (TPSA) is 21.3 Å². The molecule has 96 valence electrons. The fourth-order valence-electron chi connectivity index (χ4n) is 2.23. The molecule has 0 spiro atoms. The van der Waals surface area contributed by atoms with Crippen LogP contribution in [0.1, 0.15) is 28.1 Å². The van der Waals surface area contributed by atoms with Crippen molar-refractivity contribution in [3.8, 4) is 0 Å². The van der Waals surface area contributed by atoms with Gasteiger partial charge in [0.25, 0.3) is 0 Å². The lowest BCUT2D eigenvalue weighted by Gasteiger charge is -2.26. The summed E-state index contributed by atoms with van der Waals surface area (Å²) in [6.07, 6.45) is 0.0357. The number of aryl methyl sites for hydroxylation is 1. The van der Waals surface area contributed by atoms with Gasteiger partial charge < -0.3 is 10.1 Å². The molecule has 2 nitrogen and oxygen atoms in total. The van der Waals surface area contributed by atoms with Crippen molar-refractivity contribution in [2.24, 2.45) is 0 Å². The van der Waals surface area contributed by atoms with Crippen LogP contribution in [-0.4, -0.2) is 14.2 Å². The van der Waals surface area contributed by atoms with Gasteiger partial charge >= 0.3 is 0 Å². The van der Waals surface area contributed by atoms with Gasteiger partial charge in [-0.05, 0) is 36.5 Å². The molecule has 0 saturated carbocycles. The Morgan fingerprint density at radius 1 is 1.17 bits per heavy atom. The van der Waals surface area contributed by atoms with Crippen LogP contribution in [0.25, 0.3) is 0 Å². The lowest BCUT2D eigenvalue weighted by molar-refractivity contribution is 0.0711. The highest BCUT2D eigenvalue weighted by molar-refractivity contribution is 7.10. The van der Waals surface area contributed by atoms with Gasteiger partial charge in [-0.3, -0.25) is 0 Å². The number of benzene rings is 1. The van der Waals surface area contributed by atoms with E-state index in [1.54, 1.807) is 18.4 Å². The molecule has 18 heavy (non-hydrogen) atoms. The van der Waals surface area contributed by atoms with E-state index in [1.165, 1.54) is 16.0 Å². The van der Waals surface area contributed by atoms with Gasteiger partial charge in [-0.2, -0.15) is 0 Å². The van der Waals surface area contributed by atoms with Crippen LogP contribution in [0.4, 0.5) is 0 Å². The zero-order chi connectivity index (χ0) is 13.0. The second-order valence-corrected chi connectivity index (χ2v) is 5.25. The van der Waals surface area contributed by atoms with Crippen LogP contribution >= 0.6 is 11.3 Å². The highest BCUT2D eigenvalue weighted by Crippen LogP contribution is 2.35. The highest BCUT2D eigenvalue weighted by Gasteiger charge is 2.25. The molecule has 2 aromatic rings. The molecule has 2 unspecified atom stereocenters. The first-order chi connectivity index (χ1) is 8.77. The first kappa shape index (κ1) is 13.3. The monoisotopic (exact) mass is 261 g/mol. The third-order valence-electron chi connectivity index (χ3n) is 3.18. The molecule has 0 amide bonds. The lowest BCUT2D eigenvalue weighted by atomic mass is 9.99. The van der Waals surface area contributed by atoms with Crippen molar-refractivity contribution in [3.63, 3.8) is 0 Å². The molecule has 0 saturated heterocycles. The summed E-state index contributed by atoms with van der Waals surface area (Å²) < 4.78 is 5.71. The minimum absolute atomic E-state index is 0.0357. The standard InChI is InChI=1S/C15H19NOS/c1-11-9-10-18-15(11)13(16-2)14(17-3)12-7-5-4-6-8-12/h4-10,13-14,16H,1-3H3. The number of hydrogen-bond acceptors (Lipinski definition) is 3. The first-order valence-corrected chi connectivity index (χ1v) is 6.95. The Bertz CT molecular complexity index is 480. The van der Waals surface area contributed by atoms with Crippen molar-refractivity contribution >= 4 is 11.3 Å². The molecule has 3 heteroatoms. The summed E-state index contributed by atoms with van der Waals surface area (Å²) in [6.45, 7) is 2.15. The quantitative estimate of drug-likeness (QED) is 0.886. The van der Waals surface area contributed by atoms with Gasteiger partial charge in [0.05, 0.1) is 6.04 Å². The van der Waals surface area contributed by atoms with Crippen LogP contribution in [0, 0.1) is 6.92 Å². The smallest absolute Gasteiger partial charge is 0.102 e. The second kappa shape index (κ2) is 6.14. The lowest BCUT2D eigenvalue weighted by Crippen LogP contribution is -2.24. The van der Waals surface area contributed by atoms with Gasteiger partial charge in [0.15, 0.2) is 0 Å². The van der Waals surface area contributed by atoms with Gasteiger partial charge in [0, 0.05) is 12.0 Å². The van der Waals surface area contributed by atoms with E-state index in [4.69, 9.17) is 4.74 Å². The Hall–Kier alpha value is -1.16. The largest absolute Gasteiger partial charge is 0.375 e. The molecule has 1 aromatic heterocycles. The van der Waals surface area contributed by atoms with Gasteiger partial charge in [-0.1, -0.05) is 30.3 Å². The van der Waals surface area contributed by atoms with Crippen LogP contribution in [0.3, 0.4) is 0 Å². The number of likely N-dealkylation sites (N-methyl/N-ethyl adjacent to an activating group) is 1. The minimum Gasteiger partial charge on any atom is -0.375 e. The van der Waals surface area contributed by atoms with Gasteiger partial charge in [0.2, 0.25) is 0 Å². The van der Waals surface area contributed by atoms with E-state index in [1.807, 2.05) is 13.1 Å². The highest BCUT2D eigenvalue weighted by atomic mass is 32.1. The zero-order valence-electron chi connectivity index (χ0n) is 11.0. The Labute approximate surface area is 113 Å². The number of rotatable bonds is 5. The van der Waals surface area contributed by atoms with E-state index < -0.39 is 0 Å². The third kappa shape index (κ3) is 2.64. The predicted octanol–water partition coefficient (Wildman–Crippen LogP) is 3.70. The van der Waals surface area contributed by atoms with Gasteiger partial charge in [0.1, 0.15) is 6.10 Å². The van der Waals surface area contributed by atoms with Crippen LogP contribution in [0.5, 0.6) is 0 Å². The molecule has 2 atom stereocenters. The van der Waals surface area contributed by atoms with E-state index in [0.717, 1.165) is 0 Å². The maximum atomic E-state index is 5.71. The molecule has 0 fully saturated rings. The molecule has 2 rings (SSSR count). The summed E-state index contributed by atoms with van der Waals surface area (Å²) in [6, 6.07) is 12.7. The number of ether oxygens (including phenoxy) is 1. The average molecular weight is 261 g/mol. The molecule has 0 aliphatic heterocycles. The number of methoxy groups -OCH3 is 1. The molecule has 0 bridgehead atoms. The number of thiophene rings is 1. The summed E-state index contributed by atoms with van der Waals surface area (Å²) in [4.78, 5) is 1.34. The van der Waals surface area contributed by atoms with Crippen molar-refractivity contribution in [2.75, 3.05) is 14.2 Å². The van der Waals surface area contributed by atoms with Gasteiger partial charge in [-0.15, -0.1) is 11.3 Å². The Balaban J connectivity index is 2.34. The van der Waals surface area contributed by atoms with Crippen LogP contribution < -0.4 is 5.32 Å². The predicted molar refractivity (Wildman–Crippen MR) is 77.0 cm³/mol. The first-order valence-electron chi connectivity index (χ1n) is 6.07. The van der Waals surface area contributed by atoms with Crippen molar-refractivity contribution in [2.45, 2.75) is 19.1 Å². The Morgan fingerprint density at radius 3 is 2.39 bits per heavy atom. The van der Waals surface area contributed by atoms with E-state index in [0.29, 0.717) is 0 Å². The average Bonchev–Trinajstić information content (AvgIpc) is 2.83. The number of hydrogen-bond donors (Lipinski definition) is 1. The maximum absolute atomic E-state index is 5.71. The third-order valence-corrected chi connectivity index (χ3v) is 4.28. The molecular weight excluding hydrogens is 242 g/mol. The summed E-state index contributed by atoms with van der Waals surface area (Å²) in [5, 5.41) is 5.51. The fourth-order valence-corrected chi connectivity index (χ4v) is 3.29. The van der Waals surface area contributed by atoms with E-state index in [9.17, 15) is 0 Å². The molecule has 1 N–H and O–H groups in total. The summed E-state index contributed by atoms with van der Waals surface area (Å²) in [7, 11) is 3.75. The molecule has 1 aromatic carbocycles. The van der Waals surface area contributed by atoms with E-state index >= 15 is 0 Å². The molecule has 0 radical (unpaired) electrons. The van der Waals surface area contributed by atoms with E-state index in [-0.39, 0.29) is 12.1 Å². The second-order valence-electron chi connectivity index (χ2n) is 4.30. The van der Waals surface area contributed by atoms with Crippen molar-refractivity contribution < 1.29 is 4.74 Å².